The number of amides is 2. The third-order valence-corrected chi connectivity index (χ3v) is 4.44. The van der Waals surface area contributed by atoms with Gasteiger partial charge in [0.25, 0.3) is 0 Å². The maximum absolute atomic E-state index is 12.4. The maximum Gasteiger partial charge on any atom is 0.236 e. The van der Waals surface area contributed by atoms with Gasteiger partial charge in [0, 0.05) is 5.56 Å². The molecular weight excluding hydrogens is 432 g/mol. The molecule has 0 bridgehead atoms. The number of phenolic OH excluding ortho intramolecular Hbond substituents is 1. The fraction of sp³-hybridized carbons (Fsp3) is 0.190. The van der Waals surface area contributed by atoms with Crippen LogP contribution in [0.3, 0.4) is 0 Å². The first-order chi connectivity index (χ1) is 15.8. The highest BCUT2D eigenvalue weighted by molar-refractivity contribution is 5.92. The minimum absolute atomic E-state index is 0.0489. The lowest BCUT2D eigenvalue weighted by molar-refractivity contribution is -0.116. The molecule has 0 saturated carbocycles. The van der Waals surface area contributed by atoms with Crippen LogP contribution in [-0.2, 0) is 29.0 Å². The second-order valence-corrected chi connectivity index (χ2v) is 6.92. The van der Waals surface area contributed by atoms with Crippen LogP contribution in [0.2, 0.25) is 0 Å². The zero-order chi connectivity index (χ0) is 24.0. The molecule has 2 amide bonds. The van der Waals surface area contributed by atoms with Crippen molar-refractivity contribution in [2.45, 2.75) is 19.4 Å². The number of rotatable bonds is 8. The summed E-state index contributed by atoms with van der Waals surface area (Å²) in [5.74, 6) is -1.36. The Morgan fingerprint density at radius 1 is 0.909 bits per heavy atom. The van der Waals surface area contributed by atoms with Gasteiger partial charge >= 0.3 is 0 Å². The van der Waals surface area contributed by atoms with Gasteiger partial charge in [-0.1, -0.05) is 12.1 Å². The van der Waals surface area contributed by atoms with E-state index in [4.69, 9.17) is 10.5 Å². The van der Waals surface area contributed by atoms with Gasteiger partial charge < -0.3 is 25.8 Å². The number of hydrogen-bond donors (Lipinski definition) is 6. The largest absolute Gasteiger partial charge is 0.508 e. The van der Waals surface area contributed by atoms with E-state index in [1.54, 1.807) is 12.1 Å². The number of nitrogens with two attached hydrogens (primary N) is 1. The lowest BCUT2D eigenvalue weighted by atomic mass is 10.1. The molecule has 0 aliphatic heterocycles. The number of carbonyl (C=O) groups excluding carboxylic acids is 2. The Labute approximate surface area is 188 Å². The van der Waals surface area contributed by atoms with E-state index >= 15 is 0 Å². The second kappa shape index (κ2) is 10.2. The number of carbonyl (C=O) groups is 2. The van der Waals surface area contributed by atoms with Crippen LogP contribution in [0, 0.1) is 0 Å². The number of anilines is 3. The topological polar surface area (TPSA) is 193 Å². The van der Waals surface area contributed by atoms with E-state index in [0.29, 0.717) is 16.7 Å². The molecule has 0 unspecified atom stereocenters. The molecule has 0 aliphatic rings. The van der Waals surface area contributed by atoms with Gasteiger partial charge in [-0.05, 0) is 35.4 Å². The summed E-state index contributed by atoms with van der Waals surface area (Å²) >= 11 is 0. The van der Waals surface area contributed by atoms with Crippen molar-refractivity contribution in [1.29, 1.82) is 0 Å². The molecule has 0 aliphatic carbocycles. The number of benzene rings is 2. The van der Waals surface area contributed by atoms with Crippen molar-refractivity contribution in [2.24, 2.45) is 0 Å². The van der Waals surface area contributed by atoms with Gasteiger partial charge in [-0.2, -0.15) is 15.0 Å². The smallest absolute Gasteiger partial charge is 0.236 e. The minimum Gasteiger partial charge on any atom is -0.508 e. The van der Waals surface area contributed by atoms with Crippen LogP contribution in [-0.4, -0.2) is 49.2 Å². The summed E-state index contributed by atoms with van der Waals surface area (Å²) in [4.78, 5) is 36.4. The molecule has 1 aromatic heterocycles. The average molecular weight is 454 g/mol. The summed E-state index contributed by atoms with van der Waals surface area (Å²) in [6.07, 6.45) is -0.138. The maximum atomic E-state index is 12.4. The van der Waals surface area contributed by atoms with Crippen LogP contribution in [0.4, 0.5) is 17.8 Å². The first-order valence-corrected chi connectivity index (χ1v) is 9.66. The van der Waals surface area contributed by atoms with Crippen molar-refractivity contribution in [3.8, 4) is 17.2 Å². The summed E-state index contributed by atoms with van der Waals surface area (Å²) in [5.41, 5.74) is 7.08. The van der Waals surface area contributed by atoms with Crippen molar-refractivity contribution in [3.63, 3.8) is 0 Å². The summed E-state index contributed by atoms with van der Waals surface area (Å²) in [6.45, 7) is -0.370. The summed E-state index contributed by atoms with van der Waals surface area (Å²) < 4.78 is 5.02. The van der Waals surface area contributed by atoms with Crippen molar-refractivity contribution in [2.75, 3.05) is 23.5 Å². The van der Waals surface area contributed by atoms with Crippen molar-refractivity contribution < 1.29 is 29.6 Å². The first-order valence-electron chi connectivity index (χ1n) is 9.66. The van der Waals surface area contributed by atoms with Gasteiger partial charge in [-0.25, -0.2) is 0 Å². The average Bonchev–Trinajstić information content (AvgIpc) is 2.75. The number of aliphatic hydroxyl groups is 1. The molecular formula is C21H22N6O6. The number of aromatic hydroxyl groups is 2. The molecule has 1 heterocycles. The fourth-order valence-corrected chi connectivity index (χ4v) is 2.92. The number of phenols is 2. The number of nitrogen functional groups attached to an aromatic ring is 1. The summed E-state index contributed by atoms with van der Waals surface area (Å²) in [7, 11) is 1.40. The Morgan fingerprint density at radius 3 is 2.00 bits per heavy atom. The number of nitrogens with one attached hydrogen (secondary N) is 2. The Balaban J connectivity index is 1.65. The zero-order valence-electron chi connectivity index (χ0n) is 17.6. The fourth-order valence-electron chi connectivity index (χ4n) is 2.92. The van der Waals surface area contributed by atoms with Crippen LogP contribution in [0.1, 0.15) is 16.7 Å². The number of aromatic nitrogens is 3. The van der Waals surface area contributed by atoms with E-state index in [1.165, 1.54) is 31.4 Å². The highest BCUT2D eigenvalue weighted by Gasteiger charge is 2.13. The predicted molar refractivity (Wildman–Crippen MR) is 118 cm³/mol. The van der Waals surface area contributed by atoms with Gasteiger partial charge in [0.05, 0.1) is 26.6 Å². The summed E-state index contributed by atoms with van der Waals surface area (Å²) in [5, 5.41) is 33.4. The van der Waals surface area contributed by atoms with Crippen molar-refractivity contribution >= 4 is 29.7 Å². The summed E-state index contributed by atoms with van der Waals surface area (Å²) in [6, 6.07) is 8.92. The second-order valence-electron chi connectivity index (χ2n) is 6.92. The van der Waals surface area contributed by atoms with Crippen LogP contribution < -0.4 is 21.1 Å². The number of methoxy groups -OCH3 is 1. The third-order valence-electron chi connectivity index (χ3n) is 4.44. The Hall–Kier alpha value is -4.45. The highest BCUT2D eigenvalue weighted by atomic mass is 16.5. The normalized spacial score (nSPS) is 10.5. The SMILES string of the molecule is COc1cc(CC(=O)Nc2nc(N)nc(NC(=O)Cc3ccc(O)c(CO)c3)n2)ccc1O. The van der Waals surface area contributed by atoms with Gasteiger partial charge in [-0.3, -0.25) is 20.2 Å². The van der Waals surface area contributed by atoms with E-state index < -0.39 is 11.8 Å². The number of hydrogen-bond acceptors (Lipinski definition) is 10. The molecule has 0 fully saturated rings. The molecule has 33 heavy (non-hydrogen) atoms. The van der Waals surface area contributed by atoms with Crippen LogP contribution >= 0.6 is 0 Å². The molecule has 0 radical (unpaired) electrons. The van der Waals surface area contributed by atoms with Gasteiger partial charge in [-0.15, -0.1) is 0 Å². The molecule has 0 atom stereocenters. The lowest BCUT2D eigenvalue weighted by Crippen LogP contribution is -2.20. The van der Waals surface area contributed by atoms with E-state index in [9.17, 15) is 24.9 Å². The molecule has 172 valence electrons. The number of ether oxygens (including phenoxy) is 1. The number of nitrogens with zero attached hydrogens (tertiary/aromatic N) is 3. The molecule has 3 aromatic rings. The minimum atomic E-state index is -0.483. The van der Waals surface area contributed by atoms with E-state index in [-0.39, 0.29) is 54.5 Å². The van der Waals surface area contributed by atoms with Crippen LogP contribution in [0.15, 0.2) is 36.4 Å². The highest BCUT2D eigenvalue weighted by Crippen LogP contribution is 2.26. The standard InChI is InChI=1S/C21H22N6O6/c1-33-16-7-12(3-5-15(16)30)9-18(32)24-21-26-19(22)25-20(27-21)23-17(31)8-11-2-4-14(29)13(6-11)10-28/h2-7,28-30H,8-10H2,1H3,(H4,22,23,24,25,26,27,31,32). The molecule has 0 spiro atoms. The number of aliphatic hydroxyl groups excluding tert-OH is 1. The van der Waals surface area contributed by atoms with Crippen molar-refractivity contribution in [1.82, 2.24) is 15.0 Å². The molecule has 12 heteroatoms. The molecule has 12 nitrogen and oxygen atoms in total. The van der Waals surface area contributed by atoms with Gasteiger partial charge in [0.15, 0.2) is 11.5 Å². The van der Waals surface area contributed by atoms with Crippen LogP contribution in [0.25, 0.3) is 0 Å². The lowest BCUT2D eigenvalue weighted by Gasteiger charge is -2.09. The monoisotopic (exact) mass is 454 g/mol. The first kappa shape index (κ1) is 23.2. The van der Waals surface area contributed by atoms with Crippen LogP contribution in [0.5, 0.6) is 17.2 Å². The molecule has 2 aromatic carbocycles. The quantitative estimate of drug-likeness (QED) is 0.282. The van der Waals surface area contributed by atoms with E-state index in [0.717, 1.165) is 0 Å². The Morgan fingerprint density at radius 2 is 1.45 bits per heavy atom. The van der Waals surface area contributed by atoms with Gasteiger partial charge in [0.2, 0.25) is 29.7 Å². The predicted octanol–water partition coefficient (Wildman–Crippen LogP) is 0.728. The third kappa shape index (κ3) is 6.27. The molecule has 3 rings (SSSR count). The zero-order valence-corrected chi connectivity index (χ0v) is 17.6. The Kier molecular flexibility index (Phi) is 7.20. The van der Waals surface area contributed by atoms with Gasteiger partial charge in [0.1, 0.15) is 5.75 Å². The van der Waals surface area contributed by atoms with Crippen molar-refractivity contribution in [3.05, 3.63) is 53.1 Å². The Bertz CT molecular complexity index is 1100. The molecule has 0 saturated heterocycles. The van der Waals surface area contributed by atoms with E-state index in [2.05, 4.69) is 25.6 Å². The van der Waals surface area contributed by atoms with E-state index in [1.807, 2.05) is 0 Å². The molecule has 7 N–H and O–H groups in total.